The highest BCUT2D eigenvalue weighted by atomic mass is 16.2. The topological polar surface area (TPSA) is 90.5 Å². The van der Waals surface area contributed by atoms with Gasteiger partial charge >= 0.3 is 5.69 Å². The van der Waals surface area contributed by atoms with Gasteiger partial charge in [-0.25, -0.2) is 14.8 Å². The van der Waals surface area contributed by atoms with E-state index in [4.69, 9.17) is 4.98 Å². The Kier molecular flexibility index (Phi) is 4.04. The monoisotopic (exact) mass is 388 g/mol. The van der Waals surface area contributed by atoms with Gasteiger partial charge in [0.2, 0.25) is 0 Å². The van der Waals surface area contributed by atoms with Crippen LogP contribution in [0.25, 0.3) is 17.4 Å². The Labute approximate surface area is 165 Å². The molecule has 29 heavy (non-hydrogen) atoms. The van der Waals surface area contributed by atoms with Crippen molar-refractivity contribution in [3.05, 3.63) is 86.3 Å². The third kappa shape index (κ3) is 2.93. The number of nitrogens with zero attached hydrogens (tertiary/aromatic N) is 5. The molecule has 0 fully saturated rings. The van der Waals surface area contributed by atoms with E-state index in [2.05, 4.69) is 16.0 Å². The summed E-state index contributed by atoms with van der Waals surface area (Å²) >= 11 is 0. The van der Waals surface area contributed by atoms with Crippen molar-refractivity contribution < 1.29 is 0 Å². The Morgan fingerprint density at radius 1 is 1.10 bits per heavy atom. The number of hydrogen-bond donors (Lipinski definition) is 1. The third-order valence-electron chi connectivity index (χ3n) is 5.23. The number of aryl methyl sites for hydroxylation is 1. The van der Waals surface area contributed by atoms with E-state index in [1.165, 1.54) is 4.57 Å². The fourth-order valence-electron chi connectivity index (χ4n) is 3.87. The summed E-state index contributed by atoms with van der Waals surface area (Å²) in [6.07, 6.45) is 7.35. The standard InChI is InChI=1S/C21H20N6O2/c1-2-26-19-18(20(28)24-21(26)29)27(12-14-7-4-3-5-8-14)17(23-19)11-15-13-25-10-6-9-16(25)22-15/h3-8,10,13H,2,9,11-12H2,1H3,(H,24,28,29). The second kappa shape index (κ2) is 6.73. The number of imidazole rings is 2. The van der Waals surface area contributed by atoms with Crippen LogP contribution in [0.2, 0.25) is 0 Å². The highest BCUT2D eigenvalue weighted by Gasteiger charge is 2.20. The van der Waals surface area contributed by atoms with Gasteiger partial charge < -0.3 is 9.13 Å². The van der Waals surface area contributed by atoms with Gasteiger partial charge in [-0.05, 0) is 12.5 Å². The molecule has 0 amide bonds. The van der Waals surface area contributed by atoms with Crippen molar-refractivity contribution in [2.75, 3.05) is 0 Å². The minimum atomic E-state index is -0.438. The number of aromatic nitrogens is 6. The smallest absolute Gasteiger partial charge is 0.317 e. The van der Waals surface area contributed by atoms with Crippen LogP contribution in [0.3, 0.4) is 0 Å². The average molecular weight is 388 g/mol. The first-order valence-corrected chi connectivity index (χ1v) is 9.63. The fraction of sp³-hybridized carbons (Fsp3) is 0.238. The Hall–Kier alpha value is -3.68. The van der Waals surface area contributed by atoms with Gasteiger partial charge in [-0.1, -0.05) is 36.4 Å². The van der Waals surface area contributed by atoms with Crippen LogP contribution in [0, 0.1) is 0 Å². The molecule has 4 heterocycles. The van der Waals surface area contributed by atoms with Crippen molar-refractivity contribution in [2.45, 2.75) is 32.9 Å². The molecule has 0 bridgehead atoms. The fourth-order valence-corrected chi connectivity index (χ4v) is 3.87. The number of hydrogen-bond acceptors (Lipinski definition) is 4. The summed E-state index contributed by atoms with van der Waals surface area (Å²) in [4.78, 5) is 36.8. The number of allylic oxidation sites excluding steroid dienone is 1. The molecule has 0 radical (unpaired) electrons. The summed E-state index contributed by atoms with van der Waals surface area (Å²) in [6.45, 7) is 2.78. The quantitative estimate of drug-likeness (QED) is 0.564. The van der Waals surface area contributed by atoms with Gasteiger partial charge in [0.1, 0.15) is 11.6 Å². The lowest BCUT2D eigenvalue weighted by atomic mass is 10.2. The van der Waals surface area contributed by atoms with Gasteiger partial charge in [0.05, 0.1) is 5.69 Å². The highest BCUT2D eigenvalue weighted by Crippen LogP contribution is 2.19. The molecule has 0 atom stereocenters. The van der Waals surface area contributed by atoms with E-state index in [9.17, 15) is 9.59 Å². The predicted octanol–water partition coefficient (Wildman–Crippen LogP) is 1.77. The molecule has 4 aromatic rings. The van der Waals surface area contributed by atoms with E-state index < -0.39 is 11.2 Å². The lowest BCUT2D eigenvalue weighted by Gasteiger charge is -2.08. The second-order valence-electron chi connectivity index (χ2n) is 7.10. The van der Waals surface area contributed by atoms with Crippen LogP contribution in [0.5, 0.6) is 0 Å². The van der Waals surface area contributed by atoms with Crippen LogP contribution in [0.4, 0.5) is 0 Å². The molecule has 0 saturated carbocycles. The van der Waals surface area contributed by atoms with Crippen molar-refractivity contribution in [3.63, 3.8) is 0 Å². The van der Waals surface area contributed by atoms with Crippen LogP contribution in [-0.2, 0) is 25.9 Å². The minimum Gasteiger partial charge on any atom is -0.317 e. The van der Waals surface area contributed by atoms with Gasteiger partial charge in [-0.3, -0.25) is 14.3 Å². The largest absolute Gasteiger partial charge is 0.330 e. The Morgan fingerprint density at radius 2 is 1.93 bits per heavy atom. The summed E-state index contributed by atoms with van der Waals surface area (Å²) < 4.78 is 5.40. The maximum Gasteiger partial charge on any atom is 0.330 e. The van der Waals surface area contributed by atoms with Gasteiger partial charge in [-0.15, -0.1) is 0 Å². The van der Waals surface area contributed by atoms with Gasteiger partial charge in [0.15, 0.2) is 11.2 Å². The molecule has 1 aliphatic heterocycles. The SMILES string of the molecule is CCn1c(=O)[nH]c(=O)c2c1nc(Cc1cn3c(n1)CC=C3)n2Cc1ccccc1. The summed E-state index contributed by atoms with van der Waals surface area (Å²) in [5, 5.41) is 0. The number of fused-ring (bicyclic) bond motifs is 2. The summed E-state index contributed by atoms with van der Waals surface area (Å²) in [6, 6.07) is 9.91. The van der Waals surface area contributed by atoms with Crippen molar-refractivity contribution in [3.8, 4) is 0 Å². The number of nitrogens with one attached hydrogen (secondary N) is 1. The maximum absolute atomic E-state index is 12.7. The minimum absolute atomic E-state index is 0.414. The number of rotatable bonds is 5. The van der Waals surface area contributed by atoms with Crippen molar-refractivity contribution in [2.24, 2.45) is 0 Å². The Bertz CT molecular complexity index is 1350. The molecule has 1 N–H and O–H groups in total. The third-order valence-corrected chi connectivity index (χ3v) is 5.23. The van der Waals surface area contributed by atoms with E-state index >= 15 is 0 Å². The van der Waals surface area contributed by atoms with E-state index in [0.29, 0.717) is 36.5 Å². The molecular weight excluding hydrogens is 368 g/mol. The van der Waals surface area contributed by atoms with Crippen LogP contribution < -0.4 is 11.2 Å². The van der Waals surface area contributed by atoms with Gasteiger partial charge in [0.25, 0.3) is 5.56 Å². The zero-order chi connectivity index (χ0) is 20.0. The molecule has 3 aromatic heterocycles. The zero-order valence-electron chi connectivity index (χ0n) is 16.0. The average Bonchev–Trinajstić information content (AvgIpc) is 3.38. The van der Waals surface area contributed by atoms with Gasteiger partial charge in [0, 0.05) is 38.3 Å². The van der Waals surface area contributed by atoms with E-state index in [0.717, 1.165) is 23.5 Å². The van der Waals surface area contributed by atoms with Crippen molar-refractivity contribution in [1.82, 2.24) is 28.7 Å². The molecule has 8 heteroatoms. The molecule has 146 valence electrons. The highest BCUT2D eigenvalue weighted by molar-refractivity contribution is 5.71. The first-order valence-electron chi connectivity index (χ1n) is 9.63. The molecule has 5 rings (SSSR count). The lowest BCUT2D eigenvalue weighted by molar-refractivity contribution is 0.717. The first kappa shape index (κ1) is 17.4. The predicted molar refractivity (Wildman–Crippen MR) is 110 cm³/mol. The van der Waals surface area contributed by atoms with E-state index in [-0.39, 0.29) is 0 Å². The molecule has 8 nitrogen and oxygen atoms in total. The maximum atomic E-state index is 12.7. The first-order chi connectivity index (χ1) is 14.1. The molecule has 0 aliphatic carbocycles. The van der Waals surface area contributed by atoms with Crippen LogP contribution in [0.15, 0.2) is 52.2 Å². The van der Waals surface area contributed by atoms with E-state index in [1.807, 2.05) is 58.8 Å². The lowest BCUT2D eigenvalue weighted by Crippen LogP contribution is -2.30. The van der Waals surface area contributed by atoms with E-state index in [1.54, 1.807) is 0 Å². The molecule has 0 unspecified atom stereocenters. The normalized spacial score (nSPS) is 12.7. The zero-order valence-corrected chi connectivity index (χ0v) is 16.0. The van der Waals surface area contributed by atoms with Crippen LogP contribution in [0.1, 0.15) is 29.8 Å². The number of H-pyrrole nitrogens is 1. The Balaban J connectivity index is 1.69. The molecule has 1 aromatic carbocycles. The summed E-state index contributed by atoms with van der Waals surface area (Å²) in [5.74, 6) is 1.71. The molecule has 0 saturated heterocycles. The summed E-state index contributed by atoms with van der Waals surface area (Å²) in [7, 11) is 0. The summed E-state index contributed by atoms with van der Waals surface area (Å²) in [5.41, 5.74) is 1.91. The van der Waals surface area contributed by atoms with Crippen molar-refractivity contribution >= 4 is 17.4 Å². The van der Waals surface area contributed by atoms with Gasteiger partial charge in [-0.2, -0.15) is 0 Å². The molecule has 0 spiro atoms. The number of aromatic amines is 1. The molecule has 1 aliphatic rings. The van der Waals surface area contributed by atoms with Crippen LogP contribution in [-0.4, -0.2) is 28.7 Å². The Morgan fingerprint density at radius 3 is 2.69 bits per heavy atom. The van der Waals surface area contributed by atoms with Crippen LogP contribution >= 0.6 is 0 Å². The molecular formula is C21H20N6O2. The second-order valence-corrected chi connectivity index (χ2v) is 7.10. The number of benzene rings is 1. The van der Waals surface area contributed by atoms with Crippen molar-refractivity contribution in [1.29, 1.82) is 0 Å².